The van der Waals surface area contributed by atoms with Crippen LogP contribution in [0.5, 0.6) is 0 Å². The molecule has 0 aliphatic heterocycles. The number of likely N-dealkylation sites (N-methyl/N-ethyl adjacent to an activating group) is 1. The van der Waals surface area contributed by atoms with Crippen LogP contribution >= 0.6 is 15.9 Å². The standard InChI is InChI=1S/C19H22BrN3O4/c1-12(2)17(22-18(25)15-9-6-10-27-15)19(26)23(3)11-16(24)21-14-8-5-4-7-13(14)20/h4-10,12,17H,11H2,1-3H3,(H,21,24)(H,22,25). The number of carbonyl (C=O) groups is 3. The molecule has 0 bridgehead atoms. The second-order valence-corrected chi connectivity index (χ2v) is 7.25. The number of nitrogens with zero attached hydrogens (tertiary/aromatic N) is 1. The van der Waals surface area contributed by atoms with Gasteiger partial charge in [-0.3, -0.25) is 14.4 Å². The predicted octanol–water partition coefficient (Wildman–Crippen LogP) is 2.89. The number of benzene rings is 1. The normalized spacial score (nSPS) is 11.7. The molecule has 0 fully saturated rings. The summed E-state index contributed by atoms with van der Waals surface area (Å²) in [5, 5.41) is 5.41. The third kappa shape index (κ3) is 5.68. The van der Waals surface area contributed by atoms with Crippen molar-refractivity contribution >= 4 is 39.3 Å². The van der Waals surface area contributed by atoms with E-state index in [0.29, 0.717) is 5.69 Å². The molecular weight excluding hydrogens is 414 g/mol. The molecule has 7 nitrogen and oxygen atoms in total. The lowest BCUT2D eigenvalue weighted by Crippen LogP contribution is -2.51. The zero-order valence-electron chi connectivity index (χ0n) is 15.4. The van der Waals surface area contributed by atoms with Crippen LogP contribution in [0.4, 0.5) is 5.69 Å². The number of hydrogen-bond acceptors (Lipinski definition) is 4. The van der Waals surface area contributed by atoms with E-state index in [2.05, 4.69) is 26.6 Å². The molecule has 27 heavy (non-hydrogen) atoms. The van der Waals surface area contributed by atoms with E-state index in [0.717, 1.165) is 4.47 Å². The van der Waals surface area contributed by atoms with Gasteiger partial charge in [0, 0.05) is 11.5 Å². The fourth-order valence-electron chi connectivity index (χ4n) is 2.42. The molecule has 2 aromatic rings. The summed E-state index contributed by atoms with van der Waals surface area (Å²) in [5.74, 6) is -1.20. The lowest BCUT2D eigenvalue weighted by atomic mass is 10.0. The summed E-state index contributed by atoms with van der Waals surface area (Å²) >= 11 is 3.36. The van der Waals surface area contributed by atoms with Crippen LogP contribution < -0.4 is 10.6 Å². The Hall–Kier alpha value is -2.61. The highest BCUT2D eigenvalue weighted by Gasteiger charge is 2.29. The van der Waals surface area contributed by atoms with Crippen LogP contribution in [0.1, 0.15) is 24.4 Å². The average molecular weight is 436 g/mol. The van der Waals surface area contributed by atoms with Crippen molar-refractivity contribution in [1.29, 1.82) is 0 Å². The fourth-order valence-corrected chi connectivity index (χ4v) is 2.80. The largest absolute Gasteiger partial charge is 0.459 e. The summed E-state index contributed by atoms with van der Waals surface area (Å²) in [6.45, 7) is 3.50. The van der Waals surface area contributed by atoms with Gasteiger partial charge in [0.1, 0.15) is 6.04 Å². The number of carbonyl (C=O) groups excluding carboxylic acids is 3. The zero-order valence-corrected chi connectivity index (χ0v) is 16.9. The number of furan rings is 1. The molecule has 1 aromatic carbocycles. The van der Waals surface area contributed by atoms with E-state index < -0.39 is 11.9 Å². The van der Waals surface area contributed by atoms with E-state index in [1.165, 1.54) is 24.3 Å². The maximum Gasteiger partial charge on any atom is 0.287 e. The van der Waals surface area contributed by atoms with Crippen LogP contribution in [0.25, 0.3) is 0 Å². The molecule has 1 heterocycles. The Morgan fingerprint density at radius 3 is 2.44 bits per heavy atom. The van der Waals surface area contributed by atoms with Gasteiger partial charge in [0.2, 0.25) is 11.8 Å². The van der Waals surface area contributed by atoms with Gasteiger partial charge in [0.05, 0.1) is 18.5 Å². The Labute approximate surface area is 166 Å². The van der Waals surface area contributed by atoms with Crippen molar-refractivity contribution in [3.8, 4) is 0 Å². The minimum atomic E-state index is -0.774. The molecular formula is C19H22BrN3O4. The van der Waals surface area contributed by atoms with E-state index in [9.17, 15) is 14.4 Å². The maximum absolute atomic E-state index is 12.7. The summed E-state index contributed by atoms with van der Waals surface area (Å²) in [5.41, 5.74) is 0.620. The highest BCUT2D eigenvalue weighted by Crippen LogP contribution is 2.21. The minimum absolute atomic E-state index is 0.128. The molecule has 1 unspecified atom stereocenters. The van der Waals surface area contributed by atoms with Crippen LogP contribution in [-0.2, 0) is 9.59 Å². The number of halogens is 1. The van der Waals surface area contributed by atoms with E-state index in [1.807, 2.05) is 26.0 Å². The lowest BCUT2D eigenvalue weighted by Gasteiger charge is -2.26. The number of anilines is 1. The molecule has 0 saturated carbocycles. The van der Waals surface area contributed by atoms with Crippen LogP contribution in [0.3, 0.4) is 0 Å². The molecule has 3 amide bonds. The maximum atomic E-state index is 12.7. The Kier molecular flexibility index (Phi) is 7.18. The average Bonchev–Trinajstić information content (AvgIpc) is 3.15. The topological polar surface area (TPSA) is 91.7 Å². The predicted molar refractivity (Wildman–Crippen MR) is 105 cm³/mol. The van der Waals surface area contributed by atoms with Crippen molar-refractivity contribution in [3.63, 3.8) is 0 Å². The number of hydrogen-bond donors (Lipinski definition) is 2. The van der Waals surface area contributed by atoms with Gasteiger partial charge in [-0.25, -0.2) is 0 Å². The number of amides is 3. The summed E-state index contributed by atoms with van der Waals surface area (Å²) in [7, 11) is 1.52. The van der Waals surface area contributed by atoms with E-state index in [4.69, 9.17) is 4.42 Å². The van der Waals surface area contributed by atoms with Crippen molar-refractivity contribution in [3.05, 3.63) is 52.9 Å². The number of para-hydroxylation sites is 1. The third-order valence-electron chi connectivity index (χ3n) is 3.87. The van der Waals surface area contributed by atoms with Gasteiger partial charge >= 0.3 is 0 Å². The molecule has 0 radical (unpaired) electrons. The lowest BCUT2D eigenvalue weighted by molar-refractivity contribution is -0.135. The van der Waals surface area contributed by atoms with Crippen molar-refractivity contribution < 1.29 is 18.8 Å². The second-order valence-electron chi connectivity index (χ2n) is 6.39. The van der Waals surface area contributed by atoms with Gasteiger partial charge in [-0.2, -0.15) is 0 Å². The van der Waals surface area contributed by atoms with Crippen LogP contribution in [0.2, 0.25) is 0 Å². The summed E-state index contributed by atoms with van der Waals surface area (Å²) in [6, 6.07) is 9.54. The van der Waals surface area contributed by atoms with Gasteiger partial charge in [-0.05, 0) is 46.1 Å². The Morgan fingerprint density at radius 1 is 1.15 bits per heavy atom. The van der Waals surface area contributed by atoms with Crippen LogP contribution in [0, 0.1) is 5.92 Å². The van der Waals surface area contributed by atoms with Gasteiger partial charge in [-0.15, -0.1) is 0 Å². The molecule has 0 saturated heterocycles. The summed E-state index contributed by atoms with van der Waals surface area (Å²) < 4.78 is 5.80. The fraction of sp³-hybridized carbons (Fsp3) is 0.316. The number of rotatable bonds is 7. The first-order chi connectivity index (χ1) is 12.8. The highest BCUT2D eigenvalue weighted by atomic mass is 79.9. The Bertz CT molecular complexity index is 805. The Morgan fingerprint density at radius 2 is 1.85 bits per heavy atom. The Balaban J connectivity index is 1.99. The molecule has 1 aromatic heterocycles. The molecule has 144 valence electrons. The first-order valence-electron chi connectivity index (χ1n) is 8.43. The molecule has 0 aliphatic carbocycles. The van der Waals surface area contributed by atoms with E-state index in [-0.39, 0.29) is 30.0 Å². The van der Waals surface area contributed by atoms with Crippen molar-refractivity contribution in [2.24, 2.45) is 5.92 Å². The molecule has 8 heteroatoms. The molecule has 0 spiro atoms. The third-order valence-corrected chi connectivity index (χ3v) is 4.56. The van der Waals surface area contributed by atoms with Gasteiger partial charge in [-0.1, -0.05) is 26.0 Å². The molecule has 2 N–H and O–H groups in total. The summed E-state index contributed by atoms with van der Waals surface area (Å²) in [6.07, 6.45) is 1.39. The zero-order chi connectivity index (χ0) is 20.0. The second kappa shape index (κ2) is 9.36. The first kappa shape index (κ1) is 20.7. The monoisotopic (exact) mass is 435 g/mol. The van der Waals surface area contributed by atoms with E-state index in [1.54, 1.807) is 18.2 Å². The SMILES string of the molecule is CC(C)C(NC(=O)c1ccco1)C(=O)N(C)CC(=O)Nc1ccccc1Br. The minimum Gasteiger partial charge on any atom is -0.459 e. The quantitative estimate of drug-likeness (QED) is 0.699. The van der Waals surface area contributed by atoms with Gasteiger partial charge < -0.3 is 20.0 Å². The molecule has 1 atom stereocenters. The molecule has 2 rings (SSSR count). The van der Waals surface area contributed by atoms with Crippen molar-refractivity contribution in [2.75, 3.05) is 18.9 Å². The highest BCUT2D eigenvalue weighted by molar-refractivity contribution is 9.10. The smallest absolute Gasteiger partial charge is 0.287 e. The number of nitrogens with one attached hydrogen (secondary N) is 2. The van der Waals surface area contributed by atoms with Crippen LogP contribution in [-0.4, -0.2) is 42.3 Å². The van der Waals surface area contributed by atoms with Crippen LogP contribution in [0.15, 0.2) is 51.6 Å². The summed E-state index contributed by atoms with van der Waals surface area (Å²) in [4.78, 5) is 38.5. The van der Waals surface area contributed by atoms with Crippen molar-refractivity contribution in [2.45, 2.75) is 19.9 Å². The van der Waals surface area contributed by atoms with Crippen molar-refractivity contribution in [1.82, 2.24) is 10.2 Å². The van der Waals surface area contributed by atoms with E-state index >= 15 is 0 Å². The van der Waals surface area contributed by atoms with Gasteiger partial charge in [0.15, 0.2) is 5.76 Å². The molecule has 0 aliphatic rings. The first-order valence-corrected chi connectivity index (χ1v) is 9.22. The van der Waals surface area contributed by atoms with Gasteiger partial charge in [0.25, 0.3) is 5.91 Å².